The summed E-state index contributed by atoms with van der Waals surface area (Å²) in [5.74, 6) is 4.00. The van der Waals surface area contributed by atoms with Gasteiger partial charge in [0.25, 0.3) is 0 Å². The second kappa shape index (κ2) is 13.7. The minimum Gasteiger partial charge on any atom is -0.427 e. The molecule has 3 rings (SSSR count). The van der Waals surface area contributed by atoms with Gasteiger partial charge in [-0.1, -0.05) is 115 Å². The number of rotatable bonds is 13. The quantitative estimate of drug-likeness (QED) is 0.0788. The minimum absolute atomic E-state index is 0.113. The molecule has 0 saturated carbocycles. The molecular formula is C32H44O2Si. The second-order valence-electron chi connectivity index (χ2n) is 11.1. The lowest BCUT2D eigenvalue weighted by Crippen LogP contribution is -2.16. The van der Waals surface area contributed by atoms with Gasteiger partial charge in [0.2, 0.25) is 0 Å². The van der Waals surface area contributed by atoms with Gasteiger partial charge in [-0.15, -0.1) is 5.54 Å². The van der Waals surface area contributed by atoms with Crippen molar-refractivity contribution in [3.05, 3.63) is 53.1 Å². The van der Waals surface area contributed by atoms with Crippen LogP contribution in [0.25, 0.3) is 11.1 Å². The van der Waals surface area contributed by atoms with E-state index in [1.54, 1.807) is 0 Å². The fourth-order valence-corrected chi connectivity index (χ4v) is 5.26. The second-order valence-corrected chi connectivity index (χ2v) is 15.8. The average Bonchev–Trinajstić information content (AvgIpc) is 3.19. The molecule has 0 atom stereocenters. The van der Waals surface area contributed by atoms with Gasteiger partial charge in [0.1, 0.15) is 13.8 Å². The molecule has 0 spiro atoms. The molecule has 2 nitrogen and oxygen atoms in total. The van der Waals surface area contributed by atoms with Crippen LogP contribution in [0, 0.1) is 11.5 Å². The fraction of sp³-hybridized carbons (Fsp3) is 0.531. The van der Waals surface area contributed by atoms with Crippen molar-refractivity contribution in [3.8, 4) is 28.3 Å². The molecule has 1 aliphatic carbocycles. The smallest absolute Gasteiger partial charge is 0.311 e. The lowest BCUT2D eigenvalue weighted by atomic mass is 10.0. The molecular weight excluding hydrogens is 444 g/mol. The summed E-state index contributed by atoms with van der Waals surface area (Å²) in [6.45, 7) is 9.08. The van der Waals surface area contributed by atoms with E-state index in [0.29, 0.717) is 12.2 Å². The first-order chi connectivity index (χ1) is 16.9. The molecule has 0 heterocycles. The van der Waals surface area contributed by atoms with E-state index >= 15 is 0 Å². The van der Waals surface area contributed by atoms with Crippen molar-refractivity contribution in [2.75, 3.05) is 0 Å². The van der Waals surface area contributed by atoms with Gasteiger partial charge in [-0.3, -0.25) is 4.79 Å². The van der Waals surface area contributed by atoms with E-state index in [-0.39, 0.29) is 5.97 Å². The molecule has 0 fully saturated rings. The molecule has 1 aliphatic rings. The van der Waals surface area contributed by atoms with Crippen LogP contribution < -0.4 is 4.74 Å². The topological polar surface area (TPSA) is 26.3 Å². The normalized spacial score (nSPS) is 12.0. The van der Waals surface area contributed by atoms with Crippen molar-refractivity contribution >= 4 is 14.0 Å². The van der Waals surface area contributed by atoms with E-state index in [4.69, 9.17) is 4.74 Å². The predicted molar refractivity (Wildman–Crippen MR) is 152 cm³/mol. The Balaban J connectivity index is 1.41. The number of carbonyl (C=O) groups is 1. The van der Waals surface area contributed by atoms with Crippen molar-refractivity contribution in [3.63, 3.8) is 0 Å². The van der Waals surface area contributed by atoms with Crippen molar-refractivity contribution < 1.29 is 9.53 Å². The number of esters is 1. The lowest BCUT2D eigenvalue weighted by molar-refractivity contribution is -0.134. The van der Waals surface area contributed by atoms with E-state index in [1.165, 1.54) is 80.0 Å². The molecule has 188 valence electrons. The maximum Gasteiger partial charge on any atom is 0.311 e. The van der Waals surface area contributed by atoms with Crippen LogP contribution in [-0.2, 0) is 11.2 Å². The van der Waals surface area contributed by atoms with Crippen LogP contribution in [0.3, 0.4) is 0 Å². The number of carbonyl (C=O) groups excluding carboxylic acids is 1. The average molecular weight is 489 g/mol. The van der Waals surface area contributed by atoms with Crippen LogP contribution in [-0.4, -0.2) is 14.0 Å². The van der Waals surface area contributed by atoms with Gasteiger partial charge in [-0.25, -0.2) is 0 Å². The third kappa shape index (κ3) is 9.01. The monoisotopic (exact) mass is 488 g/mol. The van der Waals surface area contributed by atoms with Gasteiger partial charge in [-0.05, 0) is 46.9 Å². The highest BCUT2D eigenvalue weighted by Gasteiger charge is 2.21. The summed E-state index contributed by atoms with van der Waals surface area (Å²) in [5.41, 5.74) is 9.67. The summed E-state index contributed by atoms with van der Waals surface area (Å²) in [5, 5.41) is 0. The van der Waals surface area contributed by atoms with E-state index in [1.807, 2.05) is 12.1 Å². The number of unbranched alkanes of at least 4 members (excludes halogenated alkanes) is 10. The molecule has 3 heteroatoms. The number of ether oxygens (including phenoxy) is 1. The molecule has 2 aromatic carbocycles. The van der Waals surface area contributed by atoms with Gasteiger partial charge in [0.15, 0.2) is 0 Å². The van der Waals surface area contributed by atoms with E-state index in [2.05, 4.69) is 62.3 Å². The summed E-state index contributed by atoms with van der Waals surface area (Å²) in [6.07, 6.45) is 15.5. The van der Waals surface area contributed by atoms with Gasteiger partial charge >= 0.3 is 5.97 Å². The largest absolute Gasteiger partial charge is 0.427 e. The Labute approximate surface area is 214 Å². The zero-order chi connectivity index (χ0) is 25.1. The highest BCUT2D eigenvalue weighted by molar-refractivity contribution is 6.83. The summed E-state index contributed by atoms with van der Waals surface area (Å²) in [4.78, 5) is 12.4. The number of hydrogen-bond acceptors (Lipinski definition) is 2. The summed E-state index contributed by atoms with van der Waals surface area (Å²) in [7, 11) is -1.43. The van der Waals surface area contributed by atoms with Crippen LogP contribution in [0.5, 0.6) is 5.75 Å². The van der Waals surface area contributed by atoms with Crippen molar-refractivity contribution in [2.45, 2.75) is 110 Å². The molecule has 35 heavy (non-hydrogen) atoms. The molecule has 0 unspecified atom stereocenters. The van der Waals surface area contributed by atoms with Crippen LogP contribution in [0.1, 0.15) is 101 Å². The van der Waals surface area contributed by atoms with Gasteiger partial charge in [0.05, 0.1) is 0 Å². The Morgan fingerprint density at radius 2 is 1.51 bits per heavy atom. The Hall–Kier alpha value is -2.31. The zero-order valence-electron chi connectivity index (χ0n) is 22.5. The third-order valence-corrected chi connectivity index (χ3v) is 7.57. The van der Waals surface area contributed by atoms with Gasteiger partial charge in [-0.2, -0.15) is 0 Å². The highest BCUT2D eigenvalue weighted by atomic mass is 28.3. The highest BCUT2D eigenvalue weighted by Crippen LogP contribution is 2.39. The third-order valence-electron chi connectivity index (χ3n) is 6.70. The van der Waals surface area contributed by atoms with Crippen LogP contribution in [0.15, 0.2) is 36.4 Å². The first-order valence-electron chi connectivity index (χ1n) is 13.9. The first-order valence-corrected chi connectivity index (χ1v) is 17.4. The van der Waals surface area contributed by atoms with E-state index in [0.717, 1.165) is 24.8 Å². The standard InChI is InChI=1S/C32H44O2Si/c1-5-6-7-8-9-10-11-12-13-14-15-19-32(33)34-28-20-21-29-27(24-28)25-31-26(17-16-18-30(29)31)22-23-35(2,3)4/h16-18,20-21,24H,5-15,19,25H2,1-4H3. The van der Waals surface area contributed by atoms with E-state index in [9.17, 15) is 4.79 Å². The number of benzene rings is 2. The number of hydrogen-bond donors (Lipinski definition) is 0. The fourth-order valence-electron chi connectivity index (χ4n) is 4.75. The van der Waals surface area contributed by atoms with E-state index < -0.39 is 8.07 Å². The Morgan fingerprint density at radius 3 is 2.17 bits per heavy atom. The Morgan fingerprint density at radius 1 is 0.857 bits per heavy atom. The SMILES string of the molecule is CCCCCCCCCCCCCC(=O)Oc1ccc2c(c1)Cc1c(C#C[Si](C)(C)C)cccc1-2. The van der Waals surface area contributed by atoms with Crippen molar-refractivity contribution in [1.29, 1.82) is 0 Å². The predicted octanol–water partition coefficient (Wildman–Crippen LogP) is 9.09. The van der Waals surface area contributed by atoms with Crippen molar-refractivity contribution in [2.24, 2.45) is 0 Å². The van der Waals surface area contributed by atoms with Crippen molar-refractivity contribution in [1.82, 2.24) is 0 Å². The number of fused-ring (bicyclic) bond motifs is 3. The summed E-state index contributed by atoms with van der Waals surface area (Å²) >= 11 is 0. The molecule has 0 saturated heterocycles. The van der Waals surface area contributed by atoms with Gasteiger partial charge < -0.3 is 4.74 Å². The molecule has 0 aromatic heterocycles. The van der Waals surface area contributed by atoms with Crippen LogP contribution in [0.2, 0.25) is 19.6 Å². The lowest BCUT2D eigenvalue weighted by Gasteiger charge is -2.07. The Bertz CT molecular complexity index is 1040. The zero-order valence-corrected chi connectivity index (χ0v) is 23.5. The molecule has 2 aromatic rings. The van der Waals surface area contributed by atoms with Gasteiger partial charge in [0, 0.05) is 18.4 Å². The first kappa shape index (κ1) is 27.3. The molecule has 0 aliphatic heterocycles. The molecule has 0 N–H and O–H groups in total. The molecule has 0 radical (unpaired) electrons. The van der Waals surface area contributed by atoms with Crippen LogP contribution in [0.4, 0.5) is 0 Å². The minimum atomic E-state index is -1.43. The van der Waals surface area contributed by atoms with Crippen LogP contribution >= 0.6 is 0 Å². The maximum absolute atomic E-state index is 12.4. The maximum atomic E-state index is 12.4. The summed E-state index contributed by atoms with van der Waals surface area (Å²) < 4.78 is 5.69. The Kier molecular flexibility index (Phi) is 10.7. The molecule has 0 amide bonds. The molecule has 0 bridgehead atoms. The summed E-state index contributed by atoms with van der Waals surface area (Å²) in [6, 6.07) is 12.5.